The Morgan fingerprint density at radius 1 is 1.00 bits per heavy atom. The molecule has 4 nitrogen and oxygen atoms in total. The number of rotatable bonds is 6. The summed E-state index contributed by atoms with van der Waals surface area (Å²) in [6.45, 7) is 0.460. The number of carbonyl (C=O) groups excluding carboxylic acids is 1. The second-order valence-electron chi connectivity index (χ2n) is 4.20. The summed E-state index contributed by atoms with van der Waals surface area (Å²) in [6.07, 6.45) is 0. The molecule has 4 heteroatoms. The lowest BCUT2D eigenvalue weighted by atomic mass is 10.2. The van der Waals surface area contributed by atoms with Crippen molar-refractivity contribution in [3.63, 3.8) is 0 Å². The molecule has 104 valence electrons. The SMILES string of the molecule is COc1ccccc1OCC(=O)NCc1ccccc1. The molecule has 0 saturated carbocycles. The molecule has 1 amide bonds. The molecule has 0 saturated heterocycles. The van der Waals surface area contributed by atoms with Crippen molar-refractivity contribution < 1.29 is 14.3 Å². The Morgan fingerprint density at radius 2 is 1.65 bits per heavy atom. The molecule has 0 unspecified atom stereocenters. The minimum Gasteiger partial charge on any atom is -0.493 e. The quantitative estimate of drug-likeness (QED) is 0.877. The smallest absolute Gasteiger partial charge is 0.258 e. The zero-order valence-electron chi connectivity index (χ0n) is 11.3. The molecule has 0 aromatic heterocycles. The van der Waals surface area contributed by atoms with Crippen molar-refractivity contribution in [1.82, 2.24) is 5.32 Å². The molecule has 0 spiro atoms. The zero-order chi connectivity index (χ0) is 14.2. The molecule has 0 fully saturated rings. The summed E-state index contributed by atoms with van der Waals surface area (Å²) < 4.78 is 10.6. The number of carbonyl (C=O) groups is 1. The Morgan fingerprint density at radius 3 is 2.35 bits per heavy atom. The Hall–Kier alpha value is -2.49. The predicted molar refractivity (Wildman–Crippen MR) is 76.8 cm³/mol. The highest BCUT2D eigenvalue weighted by atomic mass is 16.5. The van der Waals surface area contributed by atoms with E-state index in [-0.39, 0.29) is 12.5 Å². The van der Waals surface area contributed by atoms with Crippen LogP contribution in [0.15, 0.2) is 54.6 Å². The van der Waals surface area contributed by atoms with Crippen LogP contribution >= 0.6 is 0 Å². The van der Waals surface area contributed by atoms with Crippen molar-refractivity contribution in [2.45, 2.75) is 6.54 Å². The van der Waals surface area contributed by atoms with E-state index in [4.69, 9.17) is 9.47 Å². The molecule has 2 rings (SSSR count). The van der Waals surface area contributed by atoms with Gasteiger partial charge in [-0.1, -0.05) is 42.5 Å². The van der Waals surface area contributed by atoms with Gasteiger partial charge in [-0.3, -0.25) is 4.79 Å². The lowest BCUT2D eigenvalue weighted by molar-refractivity contribution is -0.123. The Bertz CT molecular complexity index is 555. The van der Waals surface area contributed by atoms with Gasteiger partial charge < -0.3 is 14.8 Å². The fourth-order valence-corrected chi connectivity index (χ4v) is 1.73. The van der Waals surface area contributed by atoms with Crippen LogP contribution in [-0.2, 0) is 11.3 Å². The number of para-hydroxylation sites is 2. The van der Waals surface area contributed by atoms with Gasteiger partial charge in [-0.25, -0.2) is 0 Å². The summed E-state index contributed by atoms with van der Waals surface area (Å²) in [4.78, 5) is 11.7. The fraction of sp³-hybridized carbons (Fsp3) is 0.188. The highest BCUT2D eigenvalue weighted by molar-refractivity contribution is 5.77. The summed E-state index contributed by atoms with van der Waals surface area (Å²) in [7, 11) is 1.57. The summed E-state index contributed by atoms with van der Waals surface area (Å²) >= 11 is 0. The van der Waals surface area contributed by atoms with Gasteiger partial charge in [0.15, 0.2) is 18.1 Å². The Balaban J connectivity index is 1.80. The topological polar surface area (TPSA) is 47.6 Å². The third-order valence-corrected chi connectivity index (χ3v) is 2.76. The first-order chi connectivity index (χ1) is 9.79. The third kappa shape index (κ3) is 4.02. The molecule has 2 aromatic carbocycles. The number of ether oxygens (including phenoxy) is 2. The van der Waals surface area contributed by atoms with Crippen LogP contribution in [0.5, 0.6) is 11.5 Å². The molecule has 0 aliphatic carbocycles. The molecule has 1 N–H and O–H groups in total. The van der Waals surface area contributed by atoms with Gasteiger partial charge in [0, 0.05) is 6.54 Å². The lowest BCUT2D eigenvalue weighted by Gasteiger charge is -2.10. The number of methoxy groups -OCH3 is 1. The second-order valence-corrected chi connectivity index (χ2v) is 4.20. The van der Waals surface area contributed by atoms with E-state index in [1.807, 2.05) is 42.5 Å². The van der Waals surface area contributed by atoms with Crippen LogP contribution in [0, 0.1) is 0 Å². The van der Waals surface area contributed by atoms with E-state index < -0.39 is 0 Å². The average Bonchev–Trinajstić information content (AvgIpc) is 2.52. The van der Waals surface area contributed by atoms with E-state index in [0.29, 0.717) is 18.0 Å². The molecule has 0 heterocycles. The van der Waals surface area contributed by atoms with E-state index in [1.165, 1.54) is 0 Å². The van der Waals surface area contributed by atoms with Gasteiger partial charge in [0.05, 0.1) is 7.11 Å². The first kappa shape index (κ1) is 13.9. The largest absolute Gasteiger partial charge is 0.493 e. The fourth-order valence-electron chi connectivity index (χ4n) is 1.73. The van der Waals surface area contributed by atoms with Gasteiger partial charge >= 0.3 is 0 Å². The van der Waals surface area contributed by atoms with Crippen LogP contribution in [0.4, 0.5) is 0 Å². The summed E-state index contributed by atoms with van der Waals surface area (Å²) in [5.41, 5.74) is 1.05. The van der Waals surface area contributed by atoms with Gasteiger partial charge in [0.25, 0.3) is 5.91 Å². The standard InChI is InChI=1S/C16H17NO3/c1-19-14-9-5-6-10-15(14)20-12-16(18)17-11-13-7-3-2-4-8-13/h2-10H,11-12H2,1H3,(H,17,18). The highest BCUT2D eigenvalue weighted by Crippen LogP contribution is 2.25. The molecule has 20 heavy (non-hydrogen) atoms. The maximum absolute atomic E-state index is 11.7. The van der Waals surface area contributed by atoms with Crippen molar-refractivity contribution in [2.24, 2.45) is 0 Å². The first-order valence-electron chi connectivity index (χ1n) is 6.36. The summed E-state index contributed by atoms with van der Waals surface area (Å²) in [5.74, 6) is 1.01. The number of hydrogen-bond acceptors (Lipinski definition) is 3. The molecular weight excluding hydrogens is 254 g/mol. The molecule has 0 aliphatic heterocycles. The highest BCUT2D eigenvalue weighted by Gasteiger charge is 2.06. The predicted octanol–water partition coefficient (Wildman–Crippen LogP) is 2.39. The van der Waals surface area contributed by atoms with E-state index in [0.717, 1.165) is 5.56 Å². The molecule has 0 bridgehead atoms. The van der Waals surface area contributed by atoms with E-state index in [9.17, 15) is 4.79 Å². The van der Waals surface area contributed by atoms with Crippen LogP contribution < -0.4 is 14.8 Å². The molecule has 0 radical (unpaired) electrons. The average molecular weight is 271 g/mol. The van der Waals surface area contributed by atoms with E-state index in [1.54, 1.807) is 19.2 Å². The van der Waals surface area contributed by atoms with Gasteiger partial charge in [0.2, 0.25) is 0 Å². The van der Waals surface area contributed by atoms with E-state index in [2.05, 4.69) is 5.32 Å². The van der Waals surface area contributed by atoms with Crippen LogP contribution in [0.1, 0.15) is 5.56 Å². The Kier molecular flexibility index (Phi) is 5.00. The molecule has 2 aromatic rings. The van der Waals surface area contributed by atoms with Crippen molar-refractivity contribution in [1.29, 1.82) is 0 Å². The lowest BCUT2D eigenvalue weighted by Crippen LogP contribution is -2.28. The molecule has 0 atom stereocenters. The van der Waals surface area contributed by atoms with Crippen molar-refractivity contribution in [2.75, 3.05) is 13.7 Å². The first-order valence-corrected chi connectivity index (χ1v) is 6.36. The maximum atomic E-state index is 11.7. The Labute approximate surface area is 118 Å². The van der Waals surface area contributed by atoms with E-state index >= 15 is 0 Å². The van der Waals surface area contributed by atoms with Crippen molar-refractivity contribution in [3.8, 4) is 11.5 Å². The second kappa shape index (κ2) is 7.19. The molecular formula is C16H17NO3. The summed E-state index contributed by atoms with van der Waals surface area (Å²) in [6, 6.07) is 17.0. The number of amides is 1. The van der Waals surface area contributed by atoms with Gasteiger partial charge in [0.1, 0.15) is 0 Å². The van der Waals surface area contributed by atoms with Crippen molar-refractivity contribution >= 4 is 5.91 Å². The third-order valence-electron chi connectivity index (χ3n) is 2.76. The minimum atomic E-state index is -0.167. The normalized spacial score (nSPS) is 9.85. The summed E-state index contributed by atoms with van der Waals surface area (Å²) in [5, 5.41) is 2.80. The number of nitrogens with one attached hydrogen (secondary N) is 1. The number of hydrogen-bond donors (Lipinski definition) is 1. The van der Waals surface area contributed by atoms with Gasteiger partial charge in [-0.05, 0) is 17.7 Å². The zero-order valence-corrected chi connectivity index (χ0v) is 11.3. The van der Waals surface area contributed by atoms with Gasteiger partial charge in [-0.2, -0.15) is 0 Å². The minimum absolute atomic E-state index is 0.0345. The monoisotopic (exact) mass is 271 g/mol. The van der Waals surface area contributed by atoms with Crippen LogP contribution in [0.2, 0.25) is 0 Å². The maximum Gasteiger partial charge on any atom is 0.258 e. The van der Waals surface area contributed by atoms with Crippen LogP contribution in [0.3, 0.4) is 0 Å². The molecule has 0 aliphatic rings. The van der Waals surface area contributed by atoms with Crippen LogP contribution in [-0.4, -0.2) is 19.6 Å². The van der Waals surface area contributed by atoms with Crippen LogP contribution in [0.25, 0.3) is 0 Å². The van der Waals surface area contributed by atoms with Gasteiger partial charge in [-0.15, -0.1) is 0 Å². The van der Waals surface area contributed by atoms with Crippen molar-refractivity contribution in [3.05, 3.63) is 60.2 Å². The number of benzene rings is 2.